The van der Waals surface area contributed by atoms with E-state index in [-0.39, 0.29) is 25.3 Å². The number of hydrogen-bond acceptors (Lipinski definition) is 6. The molecule has 1 unspecified atom stereocenters. The van der Waals surface area contributed by atoms with E-state index in [0.29, 0.717) is 24.3 Å². The summed E-state index contributed by atoms with van der Waals surface area (Å²) in [4.78, 5) is 48.2. The van der Waals surface area contributed by atoms with Crippen molar-refractivity contribution < 1.29 is 29.0 Å². The maximum absolute atomic E-state index is 12.7. The summed E-state index contributed by atoms with van der Waals surface area (Å²) in [7, 11) is 0. The Morgan fingerprint density at radius 3 is 2.62 bits per heavy atom. The number of benzene rings is 1. The third kappa shape index (κ3) is 4.69. The number of thiophene rings is 1. The number of fused-ring (bicyclic) bond motifs is 1. The number of aldehydes is 1. The SMILES string of the molecule is NC(=O)C(CCC(=O)O)N1Cc2c(csc2COCc2ccc(C=O)cc2)C1=O. The Kier molecular flexibility index (Phi) is 6.40. The molecule has 3 N–H and O–H groups in total. The Balaban J connectivity index is 1.64. The van der Waals surface area contributed by atoms with E-state index in [1.165, 1.54) is 16.2 Å². The third-order valence-corrected chi connectivity index (χ3v) is 5.76. The number of carbonyl (C=O) groups excluding carboxylic acids is 3. The zero-order valence-corrected chi connectivity index (χ0v) is 16.3. The number of ether oxygens (including phenoxy) is 1. The highest BCUT2D eigenvalue weighted by Gasteiger charge is 2.37. The summed E-state index contributed by atoms with van der Waals surface area (Å²) in [6.07, 6.45) is 0.508. The lowest BCUT2D eigenvalue weighted by Gasteiger charge is -2.24. The molecular formula is C20H20N2O6S. The maximum atomic E-state index is 12.7. The minimum Gasteiger partial charge on any atom is -0.481 e. The number of aliphatic carboxylic acids is 1. The van der Waals surface area contributed by atoms with Gasteiger partial charge in [-0.3, -0.25) is 19.2 Å². The molecule has 2 heterocycles. The van der Waals surface area contributed by atoms with Gasteiger partial charge in [0, 0.05) is 34.3 Å². The van der Waals surface area contributed by atoms with Crippen LogP contribution in [0.3, 0.4) is 0 Å². The number of hydrogen-bond donors (Lipinski definition) is 2. The molecule has 8 nitrogen and oxygen atoms in total. The molecule has 0 radical (unpaired) electrons. The fraction of sp³-hybridized carbons (Fsp3) is 0.300. The van der Waals surface area contributed by atoms with Crippen molar-refractivity contribution in [3.8, 4) is 0 Å². The van der Waals surface area contributed by atoms with Crippen LogP contribution in [0.2, 0.25) is 0 Å². The van der Waals surface area contributed by atoms with E-state index in [4.69, 9.17) is 15.6 Å². The van der Waals surface area contributed by atoms with Crippen molar-refractivity contribution in [1.82, 2.24) is 4.90 Å². The Labute approximate surface area is 170 Å². The second-order valence-electron chi connectivity index (χ2n) is 6.69. The average molecular weight is 416 g/mol. The molecular weight excluding hydrogens is 396 g/mol. The number of carbonyl (C=O) groups is 4. The van der Waals surface area contributed by atoms with E-state index >= 15 is 0 Å². The topological polar surface area (TPSA) is 127 Å². The van der Waals surface area contributed by atoms with Gasteiger partial charge in [0.25, 0.3) is 5.91 Å². The number of carboxylic acid groups (broad SMARTS) is 1. The van der Waals surface area contributed by atoms with Gasteiger partial charge < -0.3 is 20.5 Å². The number of nitrogens with zero attached hydrogens (tertiary/aromatic N) is 1. The van der Waals surface area contributed by atoms with Crippen LogP contribution in [0.25, 0.3) is 0 Å². The van der Waals surface area contributed by atoms with Crippen molar-refractivity contribution in [2.75, 3.05) is 0 Å². The molecule has 0 fully saturated rings. The molecule has 1 atom stereocenters. The van der Waals surface area contributed by atoms with E-state index in [1.807, 2.05) is 12.1 Å². The fourth-order valence-electron chi connectivity index (χ4n) is 3.21. The highest BCUT2D eigenvalue weighted by Crippen LogP contribution is 2.33. The van der Waals surface area contributed by atoms with Crippen LogP contribution in [0.4, 0.5) is 0 Å². The van der Waals surface area contributed by atoms with Crippen molar-refractivity contribution in [3.63, 3.8) is 0 Å². The largest absolute Gasteiger partial charge is 0.481 e. The summed E-state index contributed by atoms with van der Waals surface area (Å²) in [5.74, 6) is -2.08. The first-order chi connectivity index (χ1) is 13.9. The third-order valence-electron chi connectivity index (χ3n) is 4.75. The Bertz CT molecular complexity index is 937. The molecule has 0 aliphatic carbocycles. The van der Waals surface area contributed by atoms with Crippen molar-refractivity contribution >= 4 is 35.4 Å². The van der Waals surface area contributed by atoms with E-state index in [1.54, 1.807) is 17.5 Å². The summed E-state index contributed by atoms with van der Waals surface area (Å²) in [5.41, 5.74) is 8.21. The lowest BCUT2D eigenvalue weighted by atomic mass is 10.1. The number of primary amides is 1. The lowest BCUT2D eigenvalue weighted by Crippen LogP contribution is -2.45. The van der Waals surface area contributed by atoms with Gasteiger partial charge in [-0.05, 0) is 12.0 Å². The molecule has 0 spiro atoms. The van der Waals surface area contributed by atoms with E-state index in [2.05, 4.69) is 0 Å². The molecule has 0 bridgehead atoms. The molecule has 1 aromatic heterocycles. The van der Waals surface area contributed by atoms with Gasteiger partial charge in [-0.25, -0.2) is 0 Å². The first-order valence-corrected chi connectivity index (χ1v) is 9.82. The van der Waals surface area contributed by atoms with Crippen molar-refractivity contribution in [2.24, 2.45) is 5.73 Å². The Morgan fingerprint density at radius 1 is 1.28 bits per heavy atom. The summed E-state index contributed by atoms with van der Waals surface area (Å²) < 4.78 is 5.74. The van der Waals surface area contributed by atoms with Crippen LogP contribution in [0.5, 0.6) is 0 Å². The first-order valence-electron chi connectivity index (χ1n) is 8.94. The molecule has 0 saturated carbocycles. The number of carboxylic acids is 1. The quantitative estimate of drug-likeness (QED) is 0.570. The van der Waals surface area contributed by atoms with Crippen LogP contribution in [0.1, 0.15) is 49.6 Å². The minimum absolute atomic E-state index is 0.0211. The van der Waals surface area contributed by atoms with Crippen molar-refractivity contribution in [2.45, 2.75) is 38.6 Å². The number of amides is 2. The Hall–Kier alpha value is -3.04. The maximum Gasteiger partial charge on any atom is 0.303 e. The van der Waals surface area contributed by atoms with Gasteiger partial charge in [0.1, 0.15) is 12.3 Å². The zero-order valence-electron chi connectivity index (χ0n) is 15.5. The molecule has 1 aliphatic heterocycles. The van der Waals surface area contributed by atoms with Crippen LogP contribution in [-0.2, 0) is 34.1 Å². The molecule has 3 rings (SSSR count). The fourth-order valence-corrected chi connectivity index (χ4v) is 4.18. The highest BCUT2D eigenvalue weighted by molar-refractivity contribution is 7.10. The first kappa shape index (κ1) is 20.7. The van der Waals surface area contributed by atoms with Crippen molar-refractivity contribution in [1.29, 1.82) is 0 Å². The molecule has 0 saturated heterocycles. The highest BCUT2D eigenvalue weighted by atomic mass is 32.1. The van der Waals surface area contributed by atoms with Gasteiger partial charge in [-0.15, -0.1) is 11.3 Å². The number of nitrogens with two attached hydrogens (primary N) is 1. The molecule has 1 aliphatic rings. The van der Waals surface area contributed by atoms with Gasteiger partial charge >= 0.3 is 5.97 Å². The summed E-state index contributed by atoms with van der Waals surface area (Å²) in [6.45, 7) is 0.858. The number of rotatable bonds is 10. The molecule has 9 heteroatoms. The van der Waals surface area contributed by atoms with E-state index in [9.17, 15) is 19.2 Å². The molecule has 29 heavy (non-hydrogen) atoms. The van der Waals surface area contributed by atoms with Crippen LogP contribution < -0.4 is 5.73 Å². The second-order valence-corrected chi connectivity index (χ2v) is 7.65. The summed E-state index contributed by atoms with van der Waals surface area (Å²) >= 11 is 1.41. The normalized spacial score (nSPS) is 13.9. The molecule has 152 valence electrons. The van der Waals surface area contributed by atoms with Gasteiger partial charge in [0.15, 0.2) is 0 Å². The molecule has 2 aromatic rings. The van der Waals surface area contributed by atoms with Gasteiger partial charge in [0.2, 0.25) is 5.91 Å². The smallest absolute Gasteiger partial charge is 0.303 e. The molecule has 1 aromatic carbocycles. The predicted molar refractivity (Wildman–Crippen MR) is 104 cm³/mol. The lowest BCUT2D eigenvalue weighted by molar-refractivity contribution is -0.137. The van der Waals surface area contributed by atoms with Crippen LogP contribution in [-0.4, -0.2) is 40.1 Å². The van der Waals surface area contributed by atoms with Crippen LogP contribution in [0.15, 0.2) is 29.6 Å². The monoisotopic (exact) mass is 416 g/mol. The van der Waals surface area contributed by atoms with Crippen LogP contribution >= 0.6 is 11.3 Å². The van der Waals surface area contributed by atoms with Gasteiger partial charge in [-0.2, -0.15) is 0 Å². The van der Waals surface area contributed by atoms with Gasteiger partial charge in [-0.1, -0.05) is 24.3 Å². The van der Waals surface area contributed by atoms with Crippen molar-refractivity contribution in [3.05, 3.63) is 56.8 Å². The summed E-state index contributed by atoms with van der Waals surface area (Å²) in [5, 5.41) is 10.6. The second kappa shape index (κ2) is 8.97. The zero-order chi connectivity index (χ0) is 21.0. The average Bonchev–Trinajstić information content (AvgIpc) is 3.23. The minimum atomic E-state index is -1.05. The van der Waals surface area contributed by atoms with Gasteiger partial charge in [0.05, 0.1) is 18.8 Å². The van der Waals surface area contributed by atoms with E-state index in [0.717, 1.165) is 22.3 Å². The Morgan fingerprint density at radius 2 is 2.00 bits per heavy atom. The van der Waals surface area contributed by atoms with E-state index < -0.39 is 17.9 Å². The standard InChI is InChI=1S/C20H20N2O6S/c21-19(26)16(5-6-18(24)25)22-7-14-15(20(22)27)11-29-17(14)10-28-9-13-3-1-12(8-23)2-4-13/h1-4,8,11,16H,5-7,9-10H2,(H2,21,26)(H,24,25). The van der Waals surface area contributed by atoms with Crippen LogP contribution in [0, 0.1) is 0 Å². The molecule has 2 amide bonds. The summed E-state index contributed by atoms with van der Waals surface area (Å²) in [6, 6.07) is 6.10. The predicted octanol–water partition coefficient (Wildman–Crippen LogP) is 1.95.